The molecule has 2 aromatic rings. The molecule has 0 atom stereocenters. The summed E-state index contributed by atoms with van der Waals surface area (Å²) >= 11 is 1.49. The van der Waals surface area contributed by atoms with E-state index in [9.17, 15) is 19.5 Å². The van der Waals surface area contributed by atoms with E-state index in [2.05, 4.69) is 15.1 Å². The van der Waals surface area contributed by atoms with Crippen LogP contribution < -0.4 is 10.2 Å². The van der Waals surface area contributed by atoms with Crippen LogP contribution in [0.3, 0.4) is 0 Å². The van der Waals surface area contributed by atoms with Crippen molar-refractivity contribution in [2.24, 2.45) is 0 Å². The summed E-state index contributed by atoms with van der Waals surface area (Å²) in [5, 5.41) is 14.4. The van der Waals surface area contributed by atoms with Crippen LogP contribution in [-0.4, -0.2) is 78.5 Å². The lowest BCUT2D eigenvalue weighted by Crippen LogP contribution is -2.50. The van der Waals surface area contributed by atoms with Gasteiger partial charge in [0.2, 0.25) is 11.8 Å². The number of amides is 2. The van der Waals surface area contributed by atoms with Gasteiger partial charge in [-0.1, -0.05) is 18.9 Å². The van der Waals surface area contributed by atoms with Crippen molar-refractivity contribution in [3.8, 4) is 0 Å². The highest BCUT2D eigenvalue weighted by atomic mass is 32.1. The predicted octanol–water partition coefficient (Wildman–Crippen LogP) is 3.15. The number of hydrogen-bond acceptors (Lipinski definition) is 6. The second kappa shape index (κ2) is 11.5. The number of rotatable bonds is 7. The van der Waals surface area contributed by atoms with Gasteiger partial charge >= 0.3 is 5.97 Å². The van der Waals surface area contributed by atoms with E-state index in [1.165, 1.54) is 24.2 Å². The van der Waals surface area contributed by atoms with E-state index in [4.69, 9.17) is 0 Å². The molecule has 1 aromatic heterocycles. The predicted molar refractivity (Wildman–Crippen MR) is 134 cm³/mol. The van der Waals surface area contributed by atoms with E-state index in [0.717, 1.165) is 62.7 Å². The summed E-state index contributed by atoms with van der Waals surface area (Å²) in [7, 11) is 0. The maximum absolute atomic E-state index is 12.7. The number of carbonyl (C=O) groups excluding carboxylic acids is 2. The van der Waals surface area contributed by atoms with E-state index in [-0.39, 0.29) is 23.8 Å². The number of carboxylic acid groups (broad SMARTS) is 1. The van der Waals surface area contributed by atoms with Crippen molar-refractivity contribution in [2.45, 2.75) is 32.1 Å². The summed E-state index contributed by atoms with van der Waals surface area (Å²) in [6.45, 7) is 5.12. The van der Waals surface area contributed by atoms with Gasteiger partial charge in [0, 0.05) is 49.8 Å². The minimum atomic E-state index is -1.07. The Morgan fingerprint density at radius 1 is 0.941 bits per heavy atom. The molecule has 2 aliphatic rings. The first-order valence-corrected chi connectivity index (χ1v) is 12.8. The largest absolute Gasteiger partial charge is 0.478 e. The number of anilines is 2. The van der Waals surface area contributed by atoms with Crippen LogP contribution in [0.5, 0.6) is 0 Å². The van der Waals surface area contributed by atoms with Crippen LogP contribution in [0.2, 0.25) is 0 Å². The molecule has 0 saturated carbocycles. The van der Waals surface area contributed by atoms with E-state index in [1.54, 1.807) is 12.1 Å². The van der Waals surface area contributed by atoms with E-state index >= 15 is 0 Å². The minimum Gasteiger partial charge on any atom is -0.478 e. The van der Waals surface area contributed by atoms with Crippen molar-refractivity contribution in [1.29, 1.82) is 0 Å². The molecule has 2 saturated heterocycles. The van der Waals surface area contributed by atoms with Gasteiger partial charge in [0.1, 0.15) is 0 Å². The standard InChI is InChI=1S/C25H32N4O4S/c30-23(17-20-6-5-15-34-20)26-22-8-7-19(16-21(22)25(32)33)28-13-11-27(12-14-28)18-24(31)29-9-3-1-2-4-10-29/h5-8,15-16H,1-4,9-14,17-18H2,(H,26,30)(H,32,33). The zero-order chi connectivity index (χ0) is 23.9. The molecule has 34 heavy (non-hydrogen) atoms. The molecule has 0 bridgehead atoms. The number of carbonyl (C=O) groups is 3. The molecule has 3 heterocycles. The molecule has 2 amide bonds. The number of piperazine rings is 1. The molecule has 0 unspecified atom stereocenters. The first-order valence-electron chi connectivity index (χ1n) is 11.9. The van der Waals surface area contributed by atoms with Gasteiger partial charge in [0.25, 0.3) is 0 Å². The molecule has 8 nitrogen and oxygen atoms in total. The summed E-state index contributed by atoms with van der Waals surface area (Å²) in [5.41, 5.74) is 1.20. The van der Waals surface area contributed by atoms with Gasteiger partial charge in [-0.15, -0.1) is 11.3 Å². The van der Waals surface area contributed by atoms with Gasteiger partial charge in [0.05, 0.1) is 24.2 Å². The molecule has 2 aliphatic heterocycles. The van der Waals surface area contributed by atoms with Gasteiger partial charge < -0.3 is 20.2 Å². The number of aromatic carboxylic acids is 1. The zero-order valence-corrected chi connectivity index (χ0v) is 20.2. The average Bonchev–Trinajstić information content (AvgIpc) is 3.18. The van der Waals surface area contributed by atoms with Crippen molar-refractivity contribution in [3.05, 3.63) is 46.2 Å². The second-order valence-electron chi connectivity index (χ2n) is 8.90. The van der Waals surface area contributed by atoms with Crippen LogP contribution in [0, 0.1) is 0 Å². The molecule has 2 fully saturated rings. The van der Waals surface area contributed by atoms with Crippen molar-refractivity contribution in [2.75, 3.05) is 56.0 Å². The lowest BCUT2D eigenvalue weighted by Gasteiger charge is -2.36. The molecule has 2 N–H and O–H groups in total. The highest BCUT2D eigenvalue weighted by Crippen LogP contribution is 2.25. The van der Waals surface area contributed by atoms with Crippen LogP contribution in [0.15, 0.2) is 35.7 Å². The van der Waals surface area contributed by atoms with Gasteiger partial charge in [0.15, 0.2) is 0 Å². The Labute approximate surface area is 204 Å². The van der Waals surface area contributed by atoms with Crippen LogP contribution >= 0.6 is 11.3 Å². The average molecular weight is 485 g/mol. The van der Waals surface area contributed by atoms with Crippen molar-refractivity contribution in [3.63, 3.8) is 0 Å². The quantitative estimate of drug-likeness (QED) is 0.627. The lowest BCUT2D eigenvalue weighted by molar-refractivity contribution is -0.132. The molecule has 0 radical (unpaired) electrons. The normalized spacial score (nSPS) is 17.3. The Morgan fingerprint density at radius 2 is 1.68 bits per heavy atom. The fourth-order valence-corrected chi connectivity index (χ4v) is 5.26. The zero-order valence-electron chi connectivity index (χ0n) is 19.4. The molecular formula is C25H32N4O4S. The summed E-state index contributed by atoms with van der Waals surface area (Å²) in [4.78, 5) is 44.2. The van der Waals surface area contributed by atoms with Gasteiger partial charge in [-0.25, -0.2) is 4.79 Å². The Balaban J connectivity index is 1.33. The Hall–Kier alpha value is -2.91. The Morgan fingerprint density at radius 3 is 2.32 bits per heavy atom. The SMILES string of the molecule is O=C(Cc1cccs1)Nc1ccc(N2CCN(CC(=O)N3CCCCCC3)CC2)cc1C(=O)O. The van der Waals surface area contributed by atoms with Crippen LogP contribution in [0.4, 0.5) is 11.4 Å². The van der Waals surface area contributed by atoms with Crippen LogP contribution in [0.25, 0.3) is 0 Å². The number of nitrogens with zero attached hydrogens (tertiary/aromatic N) is 3. The third kappa shape index (κ3) is 6.36. The van der Waals surface area contributed by atoms with Gasteiger partial charge in [-0.2, -0.15) is 0 Å². The third-order valence-corrected chi connectivity index (χ3v) is 7.35. The first-order chi connectivity index (χ1) is 16.5. The maximum atomic E-state index is 12.7. The molecule has 1 aromatic carbocycles. The van der Waals surface area contributed by atoms with Gasteiger partial charge in [-0.3, -0.25) is 14.5 Å². The van der Waals surface area contributed by atoms with E-state index in [0.29, 0.717) is 12.2 Å². The number of carboxylic acids is 1. The third-order valence-electron chi connectivity index (χ3n) is 6.48. The fraction of sp³-hybridized carbons (Fsp3) is 0.480. The van der Waals surface area contributed by atoms with Crippen LogP contribution in [-0.2, 0) is 16.0 Å². The second-order valence-corrected chi connectivity index (χ2v) is 9.93. The number of hydrogen-bond donors (Lipinski definition) is 2. The minimum absolute atomic E-state index is 0.0794. The van der Waals surface area contributed by atoms with E-state index < -0.39 is 5.97 Å². The topological polar surface area (TPSA) is 93.2 Å². The molecule has 9 heteroatoms. The highest BCUT2D eigenvalue weighted by Gasteiger charge is 2.23. The monoisotopic (exact) mass is 484 g/mol. The smallest absolute Gasteiger partial charge is 0.337 e. The number of thiophene rings is 1. The Bertz CT molecular complexity index is 994. The van der Waals surface area contributed by atoms with E-state index in [1.807, 2.05) is 28.5 Å². The van der Waals surface area contributed by atoms with Crippen molar-refractivity contribution in [1.82, 2.24) is 9.80 Å². The Kier molecular flexibility index (Phi) is 8.18. The molecule has 182 valence electrons. The summed E-state index contributed by atoms with van der Waals surface area (Å²) < 4.78 is 0. The number of benzene rings is 1. The lowest BCUT2D eigenvalue weighted by atomic mass is 10.1. The number of likely N-dealkylation sites (tertiary alicyclic amines) is 1. The molecule has 0 aliphatic carbocycles. The molecule has 4 rings (SSSR count). The van der Waals surface area contributed by atoms with Crippen molar-refractivity contribution < 1.29 is 19.5 Å². The summed E-state index contributed by atoms with van der Waals surface area (Å²) in [5.74, 6) is -1.10. The van der Waals surface area contributed by atoms with Gasteiger partial charge in [-0.05, 0) is 42.5 Å². The summed E-state index contributed by atoms with van der Waals surface area (Å²) in [6, 6.07) is 8.91. The van der Waals surface area contributed by atoms with Crippen molar-refractivity contribution >= 4 is 40.5 Å². The first kappa shape index (κ1) is 24.2. The highest BCUT2D eigenvalue weighted by molar-refractivity contribution is 7.10. The molecule has 0 spiro atoms. The maximum Gasteiger partial charge on any atom is 0.337 e. The summed E-state index contributed by atoms with van der Waals surface area (Å²) in [6.07, 6.45) is 4.82. The molecular weight excluding hydrogens is 452 g/mol. The van der Waals surface area contributed by atoms with Crippen LogP contribution in [0.1, 0.15) is 40.9 Å². The fourth-order valence-electron chi connectivity index (χ4n) is 4.56. The number of nitrogens with one attached hydrogen (secondary N) is 1.